The van der Waals surface area contributed by atoms with E-state index in [9.17, 15) is 0 Å². The number of fused-ring (bicyclic) bond motifs is 7. The van der Waals surface area contributed by atoms with Crippen LogP contribution in [0, 0.1) is 0 Å². The first-order chi connectivity index (χ1) is 26.3. The van der Waals surface area contributed by atoms with Crippen molar-refractivity contribution in [1.82, 2.24) is 9.13 Å². The Labute approximate surface area is 311 Å². The number of rotatable bonds is 5. The second-order valence-corrected chi connectivity index (χ2v) is 14.8. The molecule has 3 heterocycles. The molecule has 0 amide bonds. The summed E-state index contributed by atoms with van der Waals surface area (Å²) >= 11 is 1.86. The van der Waals surface area contributed by atoms with Crippen molar-refractivity contribution in [3.8, 4) is 44.1 Å². The third-order valence-electron chi connectivity index (χ3n) is 10.7. The summed E-state index contributed by atoms with van der Waals surface area (Å²) in [5, 5.41) is 6.29. The minimum absolute atomic E-state index is 1.16. The highest BCUT2D eigenvalue weighted by Crippen LogP contribution is 2.44. The number of hydrogen-bond acceptors (Lipinski definition) is 1. The lowest BCUT2D eigenvalue weighted by molar-refractivity contribution is 1.18. The second kappa shape index (κ2) is 11.9. The molecule has 0 atom stereocenters. The van der Waals surface area contributed by atoms with Gasteiger partial charge in [-0.3, -0.25) is 0 Å². The molecule has 0 N–H and O–H groups in total. The van der Waals surface area contributed by atoms with Gasteiger partial charge in [0, 0.05) is 53.6 Å². The lowest BCUT2D eigenvalue weighted by Gasteiger charge is -2.16. The zero-order chi connectivity index (χ0) is 34.9. The van der Waals surface area contributed by atoms with Crippen LogP contribution < -0.4 is 0 Å². The number of benzene rings is 8. The molecule has 8 aromatic carbocycles. The highest BCUT2D eigenvalue weighted by Gasteiger charge is 2.20. The Balaban J connectivity index is 1.25. The van der Waals surface area contributed by atoms with Gasteiger partial charge in [-0.05, 0) is 88.8 Å². The zero-order valence-electron chi connectivity index (χ0n) is 28.8. The van der Waals surface area contributed by atoms with Crippen LogP contribution >= 0.6 is 11.3 Å². The molecule has 0 spiro atoms. The summed E-state index contributed by atoms with van der Waals surface area (Å²) < 4.78 is 6.19. The van der Waals surface area contributed by atoms with E-state index in [1.54, 1.807) is 0 Å². The van der Waals surface area contributed by atoms with E-state index in [0.717, 1.165) is 11.4 Å². The van der Waals surface area contributed by atoms with E-state index in [2.05, 4.69) is 203 Å². The van der Waals surface area contributed by atoms with Crippen molar-refractivity contribution in [2.75, 3.05) is 0 Å². The molecule has 2 nitrogen and oxygen atoms in total. The fourth-order valence-electron chi connectivity index (χ4n) is 8.40. The summed E-state index contributed by atoms with van der Waals surface area (Å²) in [6, 6.07) is 71.0. The lowest BCUT2D eigenvalue weighted by atomic mass is 9.93. The zero-order valence-corrected chi connectivity index (χ0v) is 29.6. The van der Waals surface area contributed by atoms with Crippen LogP contribution in [0.1, 0.15) is 0 Å². The van der Waals surface area contributed by atoms with E-state index in [1.807, 2.05) is 11.3 Å². The van der Waals surface area contributed by atoms with Gasteiger partial charge in [0.1, 0.15) is 0 Å². The van der Waals surface area contributed by atoms with E-state index in [-0.39, 0.29) is 0 Å². The quantitative estimate of drug-likeness (QED) is 0.170. The van der Waals surface area contributed by atoms with Crippen molar-refractivity contribution in [1.29, 1.82) is 0 Å². The Morgan fingerprint density at radius 2 is 0.792 bits per heavy atom. The third kappa shape index (κ3) is 4.71. The highest BCUT2D eigenvalue weighted by atomic mass is 32.1. The first kappa shape index (κ1) is 30.0. The summed E-state index contributed by atoms with van der Waals surface area (Å²) in [5.74, 6) is 0. The van der Waals surface area contributed by atoms with Crippen molar-refractivity contribution in [3.63, 3.8) is 0 Å². The first-order valence-electron chi connectivity index (χ1n) is 18.1. The molecule has 0 saturated carbocycles. The molecule has 3 aromatic heterocycles. The predicted octanol–water partition coefficient (Wildman–Crippen LogP) is 14.1. The monoisotopic (exact) mass is 692 g/mol. The van der Waals surface area contributed by atoms with Crippen molar-refractivity contribution < 1.29 is 0 Å². The van der Waals surface area contributed by atoms with Gasteiger partial charge in [0.05, 0.1) is 22.1 Å². The minimum atomic E-state index is 1.16. The van der Waals surface area contributed by atoms with Gasteiger partial charge >= 0.3 is 0 Å². The number of hydrogen-bond donors (Lipinski definition) is 0. The van der Waals surface area contributed by atoms with Crippen LogP contribution in [-0.4, -0.2) is 9.13 Å². The number of nitrogens with zero attached hydrogens (tertiary/aromatic N) is 2. The van der Waals surface area contributed by atoms with Crippen molar-refractivity contribution in [2.24, 2.45) is 0 Å². The number of aromatic nitrogens is 2. The molecule has 0 aliphatic heterocycles. The normalized spacial score (nSPS) is 11.8. The summed E-state index contributed by atoms with van der Waals surface area (Å²) in [5.41, 5.74) is 13.2. The molecular formula is C50H32N2S. The molecule has 11 rings (SSSR count). The number of thiophene rings is 1. The van der Waals surface area contributed by atoms with Gasteiger partial charge in [0.25, 0.3) is 0 Å². The van der Waals surface area contributed by atoms with Crippen molar-refractivity contribution in [2.45, 2.75) is 0 Å². The summed E-state index contributed by atoms with van der Waals surface area (Å²) in [6.07, 6.45) is 0. The maximum Gasteiger partial charge on any atom is 0.0619 e. The van der Waals surface area contributed by atoms with Crippen molar-refractivity contribution >= 4 is 65.0 Å². The third-order valence-corrected chi connectivity index (χ3v) is 11.8. The lowest BCUT2D eigenvalue weighted by Crippen LogP contribution is -1.96. The Morgan fingerprint density at radius 1 is 0.340 bits per heavy atom. The van der Waals surface area contributed by atoms with Crippen LogP contribution in [0.4, 0.5) is 0 Å². The van der Waals surface area contributed by atoms with Crippen LogP contribution in [0.15, 0.2) is 194 Å². The second-order valence-electron chi connectivity index (χ2n) is 13.7. The molecule has 0 saturated heterocycles. The average molecular weight is 693 g/mol. The molecule has 0 fully saturated rings. The van der Waals surface area contributed by atoms with Crippen LogP contribution in [0.3, 0.4) is 0 Å². The van der Waals surface area contributed by atoms with E-state index in [1.165, 1.54) is 86.4 Å². The largest absolute Gasteiger partial charge is 0.309 e. The molecule has 0 aliphatic rings. The summed E-state index contributed by atoms with van der Waals surface area (Å²) in [7, 11) is 0. The van der Waals surface area contributed by atoms with Gasteiger partial charge in [-0.2, -0.15) is 0 Å². The Hall–Kier alpha value is -6.68. The van der Waals surface area contributed by atoms with E-state index < -0.39 is 0 Å². The van der Waals surface area contributed by atoms with E-state index in [0.29, 0.717) is 0 Å². The van der Waals surface area contributed by atoms with E-state index >= 15 is 0 Å². The summed E-state index contributed by atoms with van der Waals surface area (Å²) in [4.78, 5) is 1.26. The Morgan fingerprint density at radius 3 is 1.34 bits per heavy atom. The molecule has 0 aliphatic carbocycles. The van der Waals surface area contributed by atoms with Gasteiger partial charge in [-0.1, -0.05) is 127 Å². The van der Waals surface area contributed by atoms with Gasteiger partial charge in [0.2, 0.25) is 0 Å². The first-order valence-corrected chi connectivity index (χ1v) is 18.9. The Kier molecular flexibility index (Phi) is 6.76. The SMILES string of the molecule is c1ccc(-n2c3ccccc3c3cccc(-c4cc(-c5cc6ccccc6s5)cc(-c5cccc6c7ccccc7n(-c7ccccc7)c56)c4)c32)cc1. The molecule has 11 aromatic rings. The van der Waals surface area contributed by atoms with Crippen LogP contribution in [0.5, 0.6) is 0 Å². The fraction of sp³-hybridized carbons (Fsp3) is 0. The van der Waals surface area contributed by atoms with Crippen LogP contribution in [-0.2, 0) is 0 Å². The predicted molar refractivity (Wildman–Crippen MR) is 227 cm³/mol. The minimum Gasteiger partial charge on any atom is -0.309 e. The molecule has 53 heavy (non-hydrogen) atoms. The molecular weight excluding hydrogens is 661 g/mol. The van der Waals surface area contributed by atoms with Gasteiger partial charge in [0.15, 0.2) is 0 Å². The maximum absolute atomic E-state index is 2.44. The fourth-order valence-corrected chi connectivity index (χ4v) is 9.45. The summed E-state index contributed by atoms with van der Waals surface area (Å²) in [6.45, 7) is 0. The van der Waals surface area contributed by atoms with Crippen molar-refractivity contribution in [3.05, 3.63) is 194 Å². The van der Waals surface area contributed by atoms with E-state index in [4.69, 9.17) is 0 Å². The molecule has 0 radical (unpaired) electrons. The van der Waals surface area contributed by atoms with Crippen LogP contribution in [0.2, 0.25) is 0 Å². The molecule has 0 bridgehead atoms. The molecule has 3 heteroatoms. The van der Waals surface area contributed by atoms with Gasteiger partial charge in [-0.25, -0.2) is 0 Å². The highest BCUT2D eigenvalue weighted by molar-refractivity contribution is 7.22. The average Bonchev–Trinajstić information content (AvgIpc) is 3.92. The van der Waals surface area contributed by atoms with Crippen LogP contribution in [0.25, 0.3) is 97.8 Å². The van der Waals surface area contributed by atoms with Gasteiger partial charge < -0.3 is 9.13 Å². The molecule has 0 unspecified atom stereocenters. The molecule has 248 valence electrons. The Bertz CT molecular complexity index is 2950. The smallest absolute Gasteiger partial charge is 0.0619 e. The standard InChI is InChI=1S/C50H32N2S/c1-3-16-37(17-4-1)51-45-26-10-8-20-41(45)43-24-13-22-39(49(43)51)34-29-35(31-36(30-34)48-32-33-15-7-12-28-47(33)53-48)40-23-14-25-44-42-21-9-11-27-46(42)52(50(40)44)38-18-5-2-6-19-38/h1-32H. The number of para-hydroxylation sites is 6. The van der Waals surface area contributed by atoms with Gasteiger partial charge in [-0.15, -0.1) is 11.3 Å². The maximum atomic E-state index is 2.44. The topological polar surface area (TPSA) is 9.86 Å².